The van der Waals surface area contributed by atoms with E-state index in [1.807, 2.05) is 30.3 Å². The fourth-order valence-electron chi connectivity index (χ4n) is 3.86. The average Bonchev–Trinajstić information content (AvgIpc) is 2.85. The number of carboxylic acids is 1. The van der Waals surface area contributed by atoms with Gasteiger partial charge >= 0.3 is 5.97 Å². The minimum atomic E-state index is -0.909. The zero-order chi connectivity index (χ0) is 23.0. The van der Waals surface area contributed by atoms with E-state index in [9.17, 15) is 4.79 Å². The second-order valence-electron chi connectivity index (χ2n) is 8.15. The minimum Gasteiger partial charge on any atom is -0.478 e. The number of nitrogens with zero attached hydrogens (tertiary/aromatic N) is 1. The Kier molecular flexibility index (Phi) is 7.56. The van der Waals surface area contributed by atoms with Crippen molar-refractivity contribution >= 4 is 17.6 Å². The van der Waals surface area contributed by atoms with Gasteiger partial charge in [-0.05, 0) is 58.5 Å². The highest BCUT2D eigenvalue weighted by Crippen LogP contribution is 2.22. The molecule has 0 fully saturated rings. The molecule has 0 aliphatic rings. The molecule has 0 aliphatic heterocycles. The van der Waals surface area contributed by atoms with Crippen LogP contribution in [0.25, 0.3) is 11.1 Å². The number of rotatable bonds is 9. The minimum absolute atomic E-state index is 0.298. The summed E-state index contributed by atoms with van der Waals surface area (Å²) in [7, 11) is 0. The Hall–Kier alpha value is -3.40. The number of hydrogen-bond acceptors (Lipinski definition) is 2. The van der Waals surface area contributed by atoms with Gasteiger partial charge in [0.25, 0.3) is 0 Å². The quantitative estimate of drug-likeness (QED) is 0.297. The molecule has 0 heterocycles. The van der Waals surface area contributed by atoms with E-state index < -0.39 is 5.97 Å². The number of carbonyl (C=O) groups is 1. The van der Waals surface area contributed by atoms with Gasteiger partial charge in [-0.2, -0.15) is 0 Å². The highest BCUT2D eigenvalue weighted by atomic mass is 35.5. The van der Waals surface area contributed by atoms with Gasteiger partial charge in [0, 0.05) is 24.7 Å². The third-order valence-corrected chi connectivity index (χ3v) is 5.96. The number of benzene rings is 4. The highest BCUT2D eigenvalue weighted by Gasteiger charge is 2.09. The van der Waals surface area contributed by atoms with E-state index in [0.29, 0.717) is 5.56 Å². The molecule has 0 atom stereocenters. The van der Waals surface area contributed by atoms with Crippen LogP contribution < -0.4 is 0 Å². The summed E-state index contributed by atoms with van der Waals surface area (Å²) >= 11 is 6.07. The van der Waals surface area contributed by atoms with Crippen molar-refractivity contribution in [3.63, 3.8) is 0 Å². The monoisotopic (exact) mass is 455 g/mol. The van der Waals surface area contributed by atoms with Crippen molar-refractivity contribution in [1.29, 1.82) is 0 Å². The fourth-order valence-corrected chi connectivity index (χ4v) is 3.99. The van der Waals surface area contributed by atoms with Crippen LogP contribution in [-0.2, 0) is 19.5 Å². The Morgan fingerprint density at radius 2 is 1.18 bits per heavy atom. The SMILES string of the molecule is O=C(O)c1ccc(-c2ccc(CN(CCc3ccccc3)Cc3ccc(Cl)cc3)cc2)cc1. The molecule has 0 amide bonds. The molecule has 4 aromatic carbocycles. The molecule has 0 spiro atoms. The lowest BCUT2D eigenvalue weighted by Gasteiger charge is -2.23. The molecule has 4 rings (SSSR count). The number of hydrogen-bond donors (Lipinski definition) is 1. The van der Waals surface area contributed by atoms with Crippen molar-refractivity contribution in [2.45, 2.75) is 19.5 Å². The highest BCUT2D eigenvalue weighted by molar-refractivity contribution is 6.30. The molecule has 33 heavy (non-hydrogen) atoms. The van der Waals surface area contributed by atoms with Gasteiger partial charge in [-0.25, -0.2) is 4.79 Å². The van der Waals surface area contributed by atoms with Crippen LogP contribution in [0.5, 0.6) is 0 Å². The van der Waals surface area contributed by atoms with Gasteiger partial charge < -0.3 is 5.11 Å². The molecule has 0 aliphatic carbocycles. The van der Waals surface area contributed by atoms with Gasteiger partial charge in [-0.15, -0.1) is 0 Å². The van der Waals surface area contributed by atoms with Gasteiger partial charge in [0.2, 0.25) is 0 Å². The van der Waals surface area contributed by atoms with Crippen molar-refractivity contribution in [3.8, 4) is 11.1 Å². The lowest BCUT2D eigenvalue weighted by Crippen LogP contribution is -2.25. The third-order valence-electron chi connectivity index (χ3n) is 5.70. The normalized spacial score (nSPS) is 11.0. The van der Waals surface area contributed by atoms with Crippen molar-refractivity contribution < 1.29 is 9.90 Å². The molecule has 0 radical (unpaired) electrons. The van der Waals surface area contributed by atoms with Gasteiger partial charge in [0.05, 0.1) is 5.56 Å². The average molecular weight is 456 g/mol. The summed E-state index contributed by atoms with van der Waals surface area (Å²) in [4.78, 5) is 13.5. The maximum absolute atomic E-state index is 11.1. The van der Waals surface area contributed by atoms with E-state index in [2.05, 4.69) is 65.6 Å². The standard InChI is InChI=1S/C29H26ClNO2/c30-28-16-8-24(9-17-28)21-31(19-18-22-4-2-1-3-5-22)20-23-6-10-25(11-7-23)26-12-14-27(15-13-26)29(32)33/h1-17H,18-21H2,(H,32,33). The molecule has 0 saturated heterocycles. The molecule has 3 nitrogen and oxygen atoms in total. The van der Waals surface area contributed by atoms with E-state index in [0.717, 1.165) is 42.2 Å². The number of halogens is 1. The zero-order valence-corrected chi connectivity index (χ0v) is 19.1. The zero-order valence-electron chi connectivity index (χ0n) is 18.3. The molecule has 0 saturated carbocycles. The Labute approximate surface area is 199 Å². The third kappa shape index (κ3) is 6.55. The van der Waals surface area contributed by atoms with Crippen molar-refractivity contribution in [3.05, 3.63) is 130 Å². The molecule has 0 aromatic heterocycles. The number of carboxylic acid groups (broad SMARTS) is 1. The van der Waals surface area contributed by atoms with Gasteiger partial charge in [0.15, 0.2) is 0 Å². The van der Waals surface area contributed by atoms with Crippen LogP contribution in [0.3, 0.4) is 0 Å². The van der Waals surface area contributed by atoms with Crippen LogP contribution in [0, 0.1) is 0 Å². The fraction of sp³-hybridized carbons (Fsp3) is 0.138. The van der Waals surface area contributed by atoms with E-state index in [-0.39, 0.29) is 0 Å². The van der Waals surface area contributed by atoms with Crippen LogP contribution in [-0.4, -0.2) is 22.5 Å². The van der Waals surface area contributed by atoms with Gasteiger partial charge in [0.1, 0.15) is 0 Å². The van der Waals surface area contributed by atoms with Gasteiger partial charge in [-0.1, -0.05) is 90.5 Å². The van der Waals surface area contributed by atoms with E-state index in [1.165, 1.54) is 16.7 Å². The Balaban J connectivity index is 1.46. The summed E-state index contributed by atoms with van der Waals surface area (Å²) in [6.07, 6.45) is 0.989. The maximum atomic E-state index is 11.1. The molecule has 0 unspecified atom stereocenters. The Morgan fingerprint density at radius 3 is 1.73 bits per heavy atom. The van der Waals surface area contributed by atoms with Crippen LogP contribution in [0.2, 0.25) is 5.02 Å². The summed E-state index contributed by atoms with van der Waals surface area (Å²) in [5, 5.41) is 9.84. The first kappa shape index (κ1) is 22.8. The van der Waals surface area contributed by atoms with Crippen molar-refractivity contribution in [2.24, 2.45) is 0 Å². The molecule has 4 heteroatoms. The maximum Gasteiger partial charge on any atom is 0.335 e. The van der Waals surface area contributed by atoms with Crippen LogP contribution >= 0.6 is 11.6 Å². The number of aromatic carboxylic acids is 1. The lowest BCUT2D eigenvalue weighted by molar-refractivity contribution is 0.0697. The molecule has 0 bridgehead atoms. The first-order chi connectivity index (χ1) is 16.1. The second kappa shape index (κ2) is 11.0. The Morgan fingerprint density at radius 1 is 0.667 bits per heavy atom. The summed E-state index contributed by atoms with van der Waals surface area (Å²) in [5.41, 5.74) is 6.19. The first-order valence-corrected chi connectivity index (χ1v) is 11.4. The Bertz CT molecular complexity index is 1170. The van der Waals surface area contributed by atoms with Crippen LogP contribution in [0.15, 0.2) is 103 Å². The second-order valence-corrected chi connectivity index (χ2v) is 8.59. The van der Waals surface area contributed by atoms with Crippen molar-refractivity contribution in [2.75, 3.05) is 6.54 Å². The van der Waals surface area contributed by atoms with E-state index in [1.54, 1.807) is 12.1 Å². The van der Waals surface area contributed by atoms with Crippen LogP contribution in [0.4, 0.5) is 0 Å². The van der Waals surface area contributed by atoms with E-state index in [4.69, 9.17) is 16.7 Å². The molecule has 1 N–H and O–H groups in total. The summed E-state index contributed by atoms with van der Waals surface area (Å²) in [6.45, 7) is 2.64. The lowest BCUT2D eigenvalue weighted by atomic mass is 10.0. The molecule has 166 valence electrons. The van der Waals surface area contributed by atoms with Crippen molar-refractivity contribution in [1.82, 2.24) is 4.90 Å². The summed E-state index contributed by atoms with van der Waals surface area (Å²) in [6, 6.07) is 34.1. The predicted molar refractivity (Wildman–Crippen MR) is 135 cm³/mol. The van der Waals surface area contributed by atoms with Gasteiger partial charge in [-0.3, -0.25) is 4.90 Å². The molecular formula is C29H26ClNO2. The van der Waals surface area contributed by atoms with E-state index >= 15 is 0 Å². The van der Waals surface area contributed by atoms with Crippen LogP contribution in [0.1, 0.15) is 27.0 Å². The first-order valence-electron chi connectivity index (χ1n) is 11.0. The largest absolute Gasteiger partial charge is 0.478 e. The topological polar surface area (TPSA) is 40.5 Å². The predicted octanol–water partition coefficient (Wildman–Crippen LogP) is 6.95. The summed E-state index contributed by atoms with van der Waals surface area (Å²) in [5.74, 6) is -0.909. The smallest absolute Gasteiger partial charge is 0.335 e. The summed E-state index contributed by atoms with van der Waals surface area (Å²) < 4.78 is 0. The molecular weight excluding hydrogens is 430 g/mol. The molecule has 4 aromatic rings.